The maximum atomic E-state index is 11.5. The first-order valence-corrected chi connectivity index (χ1v) is 6.22. The number of ether oxygens (including phenoxy) is 2. The van der Waals surface area contributed by atoms with Crippen molar-refractivity contribution in [3.05, 3.63) is 23.5 Å². The van der Waals surface area contributed by atoms with Crippen molar-refractivity contribution >= 4 is 5.91 Å². The van der Waals surface area contributed by atoms with Gasteiger partial charge in [0.25, 0.3) is 5.91 Å². The normalized spacial score (nSPS) is 10.3. The fourth-order valence-corrected chi connectivity index (χ4v) is 1.53. The average Bonchev–Trinajstić information content (AvgIpc) is 2.38. The molecular weight excluding hydrogens is 246 g/mol. The molecule has 0 unspecified atom stereocenters. The molecule has 0 aliphatic heterocycles. The summed E-state index contributed by atoms with van der Waals surface area (Å²) in [5.41, 5.74) is 7.22. The van der Waals surface area contributed by atoms with Gasteiger partial charge < -0.3 is 20.5 Å². The molecule has 19 heavy (non-hydrogen) atoms. The van der Waals surface area contributed by atoms with Gasteiger partial charge in [0, 0.05) is 25.8 Å². The van der Waals surface area contributed by atoms with Gasteiger partial charge >= 0.3 is 0 Å². The second-order valence-corrected chi connectivity index (χ2v) is 4.07. The monoisotopic (exact) mass is 267 g/mol. The van der Waals surface area contributed by atoms with Crippen LogP contribution in [0.3, 0.4) is 0 Å². The summed E-state index contributed by atoms with van der Waals surface area (Å²) >= 11 is 0. The van der Waals surface area contributed by atoms with Crippen LogP contribution in [0.4, 0.5) is 0 Å². The summed E-state index contributed by atoms with van der Waals surface area (Å²) in [6.07, 6.45) is 0.627. The van der Waals surface area contributed by atoms with E-state index in [2.05, 4.69) is 10.3 Å². The lowest BCUT2D eigenvalue weighted by molar-refractivity contribution is -0.123. The van der Waals surface area contributed by atoms with Crippen LogP contribution >= 0.6 is 0 Å². The number of aryl methyl sites for hydroxylation is 1. The number of nitrogens with zero attached hydrogens (tertiary/aromatic N) is 1. The molecule has 0 fully saturated rings. The molecule has 1 heterocycles. The molecule has 0 aromatic carbocycles. The predicted molar refractivity (Wildman–Crippen MR) is 72.1 cm³/mol. The Bertz CT molecular complexity index is 410. The lowest BCUT2D eigenvalue weighted by Crippen LogP contribution is -2.31. The van der Waals surface area contributed by atoms with Crippen LogP contribution in [0.1, 0.15) is 11.4 Å². The zero-order valence-corrected chi connectivity index (χ0v) is 11.4. The summed E-state index contributed by atoms with van der Waals surface area (Å²) < 4.78 is 10.3. The maximum absolute atomic E-state index is 11.5. The number of aromatic nitrogens is 1. The number of rotatable bonds is 8. The molecule has 6 heteroatoms. The van der Waals surface area contributed by atoms with Gasteiger partial charge in [0.2, 0.25) is 0 Å². The Morgan fingerprint density at radius 3 is 2.95 bits per heavy atom. The quantitative estimate of drug-likeness (QED) is 0.649. The van der Waals surface area contributed by atoms with Crippen LogP contribution in [0.2, 0.25) is 0 Å². The van der Waals surface area contributed by atoms with E-state index in [-0.39, 0.29) is 12.5 Å². The summed E-state index contributed by atoms with van der Waals surface area (Å²) in [5, 5.41) is 2.68. The van der Waals surface area contributed by atoms with E-state index in [1.165, 1.54) is 0 Å². The number of amides is 1. The van der Waals surface area contributed by atoms with Crippen molar-refractivity contribution in [2.45, 2.75) is 13.3 Å². The average molecular weight is 267 g/mol. The van der Waals surface area contributed by atoms with Gasteiger partial charge in [-0.3, -0.25) is 9.78 Å². The number of pyridine rings is 1. The molecule has 3 N–H and O–H groups in total. The van der Waals surface area contributed by atoms with Crippen molar-refractivity contribution in [3.63, 3.8) is 0 Å². The molecule has 1 aromatic heterocycles. The molecule has 0 spiro atoms. The molecule has 0 radical (unpaired) electrons. The molecule has 0 aliphatic rings. The molecule has 0 saturated carbocycles. The Labute approximate surface area is 113 Å². The second-order valence-electron chi connectivity index (χ2n) is 4.07. The molecule has 106 valence electrons. The second kappa shape index (κ2) is 8.44. The Kier molecular flexibility index (Phi) is 6.84. The van der Waals surface area contributed by atoms with Crippen LogP contribution in [-0.4, -0.2) is 44.3 Å². The van der Waals surface area contributed by atoms with Crippen molar-refractivity contribution in [2.24, 2.45) is 5.73 Å². The number of carbonyl (C=O) groups is 1. The number of carbonyl (C=O) groups excluding carboxylic acids is 1. The Morgan fingerprint density at radius 2 is 2.26 bits per heavy atom. The SMILES string of the molecule is COCCNC(=O)COc1ccc(C)nc1CCN. The summed E-state index contributed by atoms with van der Waals surface area (Å²) in [6, 6.07) is 3.66. The smallest absolute Gasteiger partial charge is 0.258 e. The number of nitrogens with one attached hydrogen (secondary N) is 1. The van der Waals surface area contributed by atoms with Gasteiger partial charge in [-0.15, -0.1) is 0 Å². The summed E-state index contributed by atoms with van der Waals surface area (Å²) in [4.78, 5) is 15.9. The highest BCUT2D eigenvalue weighted by Crippen LogP contribution is 2.17. The van der Waals surface area contributed by atoms with Crippen LogP contribution in [-0.2, 0) is 16.0 Å². The van der Waals surface area contributed by atoms with Gasteiger partial charge in [-0.25, -0.2) is 0 Å². The highest BCUT2D eigenvalue weighted by Gasteiger charge is 2.08. The standard InChI is InChI=1S/C13H21N3O3/c1-10-3-4-12(11(16-10)5-6-14)19-9-13(17)15-7-8-18-2/h3-4H,5-9,14H2,1-2H3,(H,15,17). The van der Waals surface area contributed by atoms with Gasteiger partial charge in [-0.1, -0.05) is 0 Å². The fourth-order valence-electron chi connectivity index (χ4n) is 1.53. The summed E-state index contributed by atoms with van der Waals surface area (Å²) in [7, 11) is 1.58. The first-order chi connectivity index (χ1) is 9.17. The molecular formula is C13H21N3O3. The number of methoxy groups -OCH3 is 1. The Hall–Kier alpha value is -1.66. The van der Waals surface area contributed by atoms with E-state index >= 15 is 0 Å². The minimum Gasteiger partial charge on any atom is -0.482 e. The lowest BCUT2D eigenvalue weighted by atomic mass is 10.2. The Morgan fingerprint density at radius 1 is 1.47 bits per heavy atom. The largest absolute Gasteiger partial charge is 0.482 e. The van der Waals surface area contributed by atoms with Crippen LogP contribution < -0.4 is 15.8 Å². The van der Waals surface area contributed by atoms with E-state index in [0.29, 0.717) is 31.9 Å². The minimum absolute atomic E-state index is 0.0357. The minimum atomic E-state index is -0.184. The molecule has 6 nitrogen and oxygen atoms in total. The van der Waals surface area contributed by atoms with E-state index in [0.717, 1.165) is 11.4 Å². The zero-order chi connectivity index (χ0) is 14.1. The topological polar surface area (TPSA) is 86.5 Å². The van der Waals surface area contributed by atoms with Gasteiger partial charge in [-0.2, -0.15) is 0 Å². The Balaban J connectivity index is 2.50. The lowest BCUT2D eigenvalue weighted by Gasteiger charge is -2.11. The van der Waals surface area contributed by atoms with Gasteiger partial charge in [0.1, 0.15) is 5.75 Å². The van der Waals surface area contributed by atoms with E-state index < -0.39 is 0 Å². The van der Waals surface area contributed by atoms with Crippen LogP contribution in [0.15, 0.2) is 12.1 Å². The molecule has 0 bridgehead atoms. The van der Waals surface area contributed by atoms with Crippen molar-refractivity contribution in [2.75, 3.05) is 33.4 Å². The fraction of sp³-hybridized carbons (Fsp3) is 0.538. The number of hydrogen-bond acceptors (Lipinski definition) is 5. The molecule has 1 aromatic rings. The first kappa shape index (κ1) is 15.4. The molecule has 0 atom stereocenters. The molecule has 1 amide bonds. The third-order valence-electron chi connectivity index (χ3n) is 2.44. The van der Waals surface area contributed by atoms with E-state index in [1.54, 1.807) is 7.11 Å². The maximum Gasteiger partial charge on any atom is 0.258 e. The van der Waals surface area contributed by atoms with Crippen LogP contribution in [0, 0.1) is 6.92 Å². The van der Waals surface area contributed by atoms with E-state index in [9.17, 15) is 4.79 Å². The molecule has 0 saturated heterocycles. The van der Waals surface area contributed by atoms with Crippen molar-refractivity contribution < 1.29 is 14.3 Å². The van der Waals surface area contributed by atoms with E-state index in [4.69, 9.17) is 15.2 Å². The van der Waals surface area contributed by atoms with Crippen molar-refractivity contribution in [3.8, 4) is 5.75 Å². The number of hydrogen-bond donors (Lipinski definition) is 2. The summed E-state index contributed by atoms with van der Waals surface area (Å²) in [5.74, 6) is 0.425. The van der Waals surface area contributed by atoms with Crippen molar-refractivity contribution in [1.29, 1.82) is 0 Å². The van der Waals surface area contributed by atoms with Gasteiger partial charge in [-0.05, 0) is 25.6 Å². The molecule has 0 aliphatic carbocycles. The molecule has 1 rings (SSSR count). The highest BCUT2D eigenvalue weighted by atomic mass is 16.5. The van der Waals surface area contributed by atoms with Gasteiger partial charge in [0.15, 0.2) is 6.61 Å². The third kappa shape index (κ3) is 5.67. The van der Waals surface area contributed by atoms with E-state index in [1.807, 2.05) is 19.1 Å². The van der Waals surface area contributed by atoms with Crippen LogP contribution in [0.5, 0.6) is 5.75 Å². The first-order valence-electron chi connectivity index (χ1n) is 6.22. The third-order valence-corrected chi connectivity index (χ3v) is 2.44. The summed E-state index contributed by atoms with van der Waals surface area (Å²) in [6.45, 7) is 3.32. The number of nitrogens with two attached hydrogens (primary N) is 1. The van der Waals surface area contributed by atoms with Crippen LogP contribution in [0.25, 0.3) is 0 Å². The predicted octanol–water partition coefficient (Wildman–Crippen LogP) is 0.0326. The van der Waals surface area contributed by atoms with Gasteiger partial charge in [0.05, 0.1) is 12.3 Å². The zero-order valence-electron chi connectivity index (χ0n) is 11.4. The highest BCUT2D eigenvalue weighted by molar-refractivity contribution is 5.77. The van der Waals surface area contributed by atoms with Crippen molar-refractivity contribution in [1.82, 2.24) is 10.3 Å².